The van der Waals surface area contributed by atoms with Crippen LogP contribution < -0.4 is 10.6 Å². The van der Waals surface area contributed by atoms with Crippen molar-refractivity contribution in [2.24, 2.45) is 0 Å². The number of carbonyl (C=O) groups is 3. The number of carbonyl (C=O) groups excluding carboxylic acids is 3. The first-order chi connectivity index (χ1) is 18.4. The number of rotatable bonds is 7. The number of halogens is 3. The number of fused-ring (bicyclic) bond motifs is 1. The molecule has 1 fully saturated rings. The van der Waals surface area contributed by atoms with E-state index in [0.29, 0.717) is 9.24 Å². The molecule has 4 amide bonds. The number of amides is 4. The van der Waals surface area contributed by atoms with E-state index in [2.05, 4.69) is 10.6 Å². The van der Waals surface area contributed by atoms with Gasteiger partial charge in [-0.1, -0.05) is 23.7 Å². The zero-order valence-corrected chi connectivity index (χ0v) is 21.1. The summed E-state index contributed by atoms with van der Waals surface area (Å²) in [6.07, 6.45) is 1.88. The number of imide groups is 1. The summed E-state index contributed by atoms with van der Waals surface area (Å²) >= 11 is 5.77. The number of nitriles is 1. The molecule has 1 aliphatic rings. The highest BCUT2D eigenvalue weighted by molar-refractivity contribution is 7.50. The molecule has 4 rings (SSSR count). The fourth-order valence-corrected chi connectivity index (χ4v) is 4.89. The lowest BCUT2D eigenvalue weighted by atomic mass is 10.0. The van der Waals surface area contributed by atoms with Gasteiger partial charge in [0, 0.05) is 23.7 Å². The number of hydrogen-bond donors (Lipinski definition) is 5. The van der Waals surface area contributed by atoms with E-state index in [1.54, 1.807) is 6.07 Å². The van der Waals surface area contributed by atoms with Gasteiger partial charge in [0.1, 0.15) is 23.6 Å². The quantitative estimate of drug-likeness (QED) is 0.160. The van der Waals surface area contributed by atoms with Gasteiger partial charge in [-0.2, -0.15) is 5.26 Å². The maximum absolute atomic E-state index is 14.7. The number of nitrogens with one attached hydrogen (secondary N) is 2. The van der Waals surface area contributed by atoms with E-state index in [1.165, 1.54) is 12.1 Å². The smallest absolute Gasteiger partial charge is 0.395 e. The lowest BCUT2D eigenvalue weighted by Crippen LogP contribution is -2.44. The molecular formula is C23H17ClF2N5O7P. The predicted molar refractivity (Wildman–Crippen MR) is 132 cm³/mol. The Morgan fingerprint density at radius 3 is 2.59 bits per heavy atom. The monoisotopic (exact) mass is 579 g/mol. The number of aliphatic hydroxyl groups is 1. The van der Waals surface area contributed by atoms with Crippen molar-refractivity contribution in [1.29, 1.82) is 5.26 Å². The van der Waals surface area contributed by atoms with Crippen molar-refractivity contribution in [2.45, 2.75) is 6.04 Å². The highest BCUT2D eigenvalue weighted by Crippen LogP contribution is 2.44. The normalized spacial score (nSPS) is 15.5. The Morgan fingerprint density at radius 2 is 1.97 bits per heavy atom. The number of benzene rings is 2. The predicted octanol–water partition coefficient (Wildman–Crippen LogP) is 2.13. The van der Waals surface area contributed by atoms with E-state index >= 15 is 0 Å². The molecule has 1 atom stereocenters. The second-order valence-electron chi connectivity index (χ2n) is 8.13. The molecule has 12 nitrogen and oxygen atoms in total. The number of aromatic nitrogens is 1. The van der Waals surface area contributed by atoms with Crippen molar-refractivity contribution in [2.75, 3.05) is 13.2 Å². The minimum Gasteiger partial charge on any atom is -0.395 e. The molecule has 0 aliphatic carbocycles. The van der Waals surface area contributed by atoms with E-state index in [1.807, 2.05) is 0 Å². The van der Waals surface area contributed by atoms with Gasteiger partial charge in [-0.15, -0.1) is 0 Å². The summed E-state index contributed by atoms with van der Waals surface area (Å²) in [5, 5.41) is 22.1. The molecule has 0 bridgehead atoms. The summed E-state index contributed by atoms with van der Waals surface area (Å²) in [4.78, 5) is 59.0. The summed E-state index contributed by atoms with van der Waals surface area (Å²) in [5.41, 5.74) is -1.60. The van der Waals surface area contributed by atoms with E-state index in [-0.39, 0.29) is 28.6 Å². The van der Waals surface area contributed by atoms with Crippen LogP contribution in [0.3, 0.4) is 0 Å². The molecule has 1 unspecified atom stereocenters. The first-order valence-electron chi connectivity index (χ1n) is 10.9. The summed E-state index contributed by atoms with van der Waals surface area (Å²) in [7, 11) is -5.09. The highest BCUT2D eigenvalue weighted by Gasteiger charge is 2.43. The van der Waals surface area contributed by atoms with Crippen LogP contribution in [0.5, 0.6) is 0 Å². The standard InChI is InChI=1S/C23H17ClF2N5O7P/c24-15-4-3-14-13(10-30(39(36,37)38)20(14)18(15)26)8-17-22(34)31(23(35)29-17)19(21(33)28-5-6-32)11-1-2-12(9-27)16(25)7-11/h1-4,7-8,10,19,32H,5-6H2,(H,28,33)(H,29,35)(H2,36,37,38)/b17-8-. The van der Waals surface area contributed by atoms with Crippen molar-refractivity contribution in [3.63, 3.8) is 0 Å². The van der Waals surface area contributed by atoms with Crippen LogP contribution in [0.1, 0.15) is 22.7 Å². The molecule has 2 heterocycles. The van der Waals surface area contributed by atoms with Crippen LogP contribution in [0.4, 0.5) is 13.6 Å². The Bertz CT molecular complexity index is 1660. The molecule has 0 saturated carbocycles. The van der Waals surface area contributed by atoms with Crippen LogP contribution in [-0.2, 0) is 14.2 Å². The van der Waals surface area contributed by atoms with E-state index in [0.717, 1.165) is 30.5 Å². The average Bonchev–Trinajstić information content (AvgIpc) is 3.38. The third-order valence-corrected chi connectivity index (χ3v) is 6.88. The van der Waals surface area contributed by atoms with Gasteiger partial charge in [-0.3, -0.25) is 13.9 Å². The van der Waals surface area contributed by atoms with Gasteiger partial charge in [0.25, 0.3) is 5.91 Å². The Balaban J connectivity index is 1.82. The zero-order chi connectivity index (χ0) is 28.6. The molecule has 1 saturated heterocycles. The third-order valence-electron chi connectivity index (χ3n) is 5.71. The molecular weight excluding hydrogens is 563 g/mol. The molecule has 202 valence electrons. The average molecular weight is 580 g/mol. The van der Waals surface area contributed by atoms with Crippen molar-refractivity contribution >= 4 is 54.2 Å². The summed E-state index contributed by atoms with van der Waals surface area (Å²) in [5.74, 6) is -4.18. The van der Waals surface area contributed by atoms with Gasteiger partial charge in [0.15, 0.2) is 5.82 Å². The van der Waals surface area contributed by atoms with E-state index < -0.39 is 66.1 Å². The fraction of sp³-hybridized carbons (Fsp3) is 0.130. The van der Waals surface area contributed by atoms with Gasteiger partial charge < -0.3 is 25.5 Å². The van der Waals surface area contributed by atoms with Crippen molar-refractivity contribution < 1.29 is 42.6 Å². The molecule has 2 aromatic carbocycles. The lowest BCUT2D eigenvalue weighted by Gasteiger charge is -2.24. The Hall–Kier alpha value is -4.12. The largest absolute Gasteiger partial charge is 0.434 e. The van der Waals surface area contributed by atoms with E-state index in [4.69, 9.17) is 22.0 Å². The maximum atomic E-state index is 14.7. The molecule has 0 radical (unpaired) electrons. The molecule has 1 aromatic heterocycles. The van der Waals surface area contributed by atoms with Crippen LogP contribution >= 0.6 is 19.3 Å². The zero-order valence-electron chi connectivity index (χ0n) is 19.4. The number of urea groups is 1. The van der Waals surface area contributed by atoms with Crippen molar-refractivity contribution in [3.8, 4) is 6.07 Å². The Labute approximate surface area is 222 Å². The molecule has 5 N–H and O–H groups in total. The topological polar surface area (TPSA) is 185 Å². The van der Waals surface area contributed by atoms with Gasteiger partial charge >= 0.3 is 13.8 Å². The second kappa shape index (κ2) is 10.6. The molecule has 3 aromatic rings. The Morgan fingerprint density at radius 1 is 1.26 bits per heavy atom. The molecule has 0 spiro atoms. The summed E-state index contributed by atoms with van der Waals surface area (Å²) in [6, 6.07) is 4.20. The molecule has 39 heavy (non-hydrogen) atoms. The minimum atomic E-state index is -5.09. The van der Waals surface area contributed by atoms with Crippen LogP contribution in [0.25, 0.3) is 17.0 Å². The third kappa shape index (κ3) is 5.14. The van der Waals surface area contributed by atoms with Crippen molar-refractivity contribution in [3.05, 3.63) is 75.6 Å². The second-order valence-corrected chi connectivity index (χ2v) is 10.00. The maximum Gasteiger partial charge on any atom is 0.434 e. The fourth-order valence-electron chi connectivity index (χ4n) is 4.01. The molecule has 16 heteroatoms. The van der Waals surface area contributed by atoms with Gasteiger partial charge in [-0.05, 0) is 29.8 Å². The summed E-state index contributed by atoms with van der Waals surface area (Å²) in [6.45, 7) is -0.730. The SMILES string of the molecule is N#Cc1ccc(C(C(=O)NCCO)N2C(=O)N/C(=C\c3cn(P(=O)(O)O)c4c(F)c(Cl)ccc34)C2=O)cc1F. The highest BCUT2D eigenvalue weighted by atomic mass is 35.5. The number of aliphatic hydroxyl groups excluding tert-OH is 1. The van der Waals surface area contributed by atoms with Crippen LogP contribution in [-0.4, -0.2) is 55.1 Å². The van der Waals surface area contributed by atoms with Gasteiger partial charge in [-0.25, -0.2) is 23.0 Å². The van der Waals surface area contributed by atoms with E-state index in [9.17, 15) is 37.5 Å². The first kappa shape index (κ1) is 27.9. The van der Waals surface area contributed by atoms with Gasteiger partial charge in [0.05, 0.1) is 22.7 Å². The lowest BCUT2D eigenvalue weighted by molar-refractivity contribution is -0.133. The minimum absolute atomic E-state index is 0.0559. The first-order valence-corrected chi connectivity index (χ1v) is 12.8. The number of nitrogens with zero attached hydrogens (tertiary/aromatic N) is 3. The van der Waals surface area contributed by atoms with Crippen LogP contribution in [0.2, 0.25) is 5.02 Å². The van der Waals surface area contributed by atoms with Crippen LogP contribution in [0, 0.1) is 23.0 Å². The number of hydrogen-bond acceptors (Lipinski definition) is 6. The Kier molecular flexibility index (Phi) is 7.56. The van der Waals surface area contributed by atoms with Crippen LogP contribution in [0.15, 0.2) is 42.2 Å². The summed E-state index contributed by atoms with van der Waals surface area (Å²) < 4.78 is 41.4. The van der Waals surface area contributed by atoms with Gasteiger partial charge in [0.2, 0.25) is 5.91 Å². The molecule has 1 aliphatic heterocycles. The van der Waals surface area contributed by atoms with Crippen molar-refractivity contribution in [1.82, 2.24) is 19.9 Å².